The Morgan fingerprint density at radius 3 is 2.41 bits per heavy atom. The Morgan fingerprint density at radius 2 is 1.88 bits per heavy atom. The third-order valence-electron chi connectivity index (χ3n) is 3.07. The van der Waals surface area contributed by atoms with Crippen LogP contribution < -0.4 is 5.32 Å². The molecule has 1 N–H and O–H groups in total. The monoisotopic (exact) mass is 305 g/mol. The summed E-state index contributed by atoms with van der Waals surface area (Å²) in [5.74, 6) is 0.0656. The van der Waals surface area contributed by atoms with E-state index >= 15 is 0 Å². The van der Waals surface area contributed by atoms with Gasteiger partial charge in [0.25, 0.3) is 0 Å². The molecule has 0 aromatic heterocycles. The zero-order valence-corrected chi connectivity index (χ0v) is 12.7. The van der Waals surface area contributed by atoms with Crippen LogP contribution in [0.15, 0.2) is 0 Å². The van der Waals surface area contributed by atoms with Crippen LogP contribution in [0.1, 0.15) is 20.3 Å². The van der Waals surface area contributed by atoms with Gasteiger partial charge in [0.2, 0.25) is 5.91 Å². The Balaban J connectivity index is 2.07. The fourth-order valence-corrected chi connectivity index (χ4v) is 1.93. The molecule has 1 saturated heterocycles. The number of alkyl halides is 1. The molecule has 4 nitrogen and oxygen atoms in total. The highest BCUT2D eigenvalue weighted by Crippen LogP contribution is 2.15. The van der Waals surface area contributed by atoms with Gasteiger partial charge in [0.05, 0.1) is 4.32 Å². The zero-order chi connectivity index (χ0) is 12.9. The van der Waals surface area contributed by atoms with E-state index in [2.05, 4.69) is 38.1 Å². The summed E-state index contributed by atoms with van der Waals surface area (Å²) in [6.07, 6.45) is 1.03. The minimum atomic E-state index is -0.458. The molecular formula is C12H24BrN3O. The van der Waals surface area contributed by atoms with Crippen LogP contribution in [0.4, 0.5) is 0 Å². The Hall–Kier alpha value is -0.130. The molecule has 100 valence electrons. The summed E-state index contributed by atoms with van der Waals surface area (Å²) >= 11 is 3.35. The highest BCUT2D eigenvalue weighted by Gasteiger charge is 2.22. The fraction of sp³-hybridized carbons (Fsp3) is 0.917. The molecule has 0 saturated carbocycles. The van der Waals surface area contributed by atoms with E-state index in [0.29, 0.717) is 0 Å². The van der Waals surface area contributed by atoms with Crippen LogP contribution in [0.25, 0.3) is 0 Å². The van der Waals surface area contributed by atoms with Crippen molar-refractivity contribution in [2.24, 2.45) is 0 Å². The number of halogens is 1. The maximum atomic E-state index is 11.6. The second-order valence-electron chi connectivity index (χ2n) is 5.23. The summed E-state index contributed by atoms with van der Waals surface area (Å²) in [5, 5.41) is 2.95. The molecule has 0 spiro atoms. The molecule has 0 radical (unpaired) electrons. The van der Waals surface area contributed by atoms with Gasteiger partial charge in [-0.2, -0.15) is 0 Å². The molecule has 17 heavy (non-hydrogen) atoms. The molecule has 0 bridgehead atoms. The van der Waals surface area contributed by atoms with Crippen molar-refractivity contribution in [1.29, 1.82) is 0 Å². The minimum Gasteiger partial charge on any atom is -0.355 e. The van der Waals surface area contributed by atoms with Crippen molar-refractivity contribution in [3.8, 4) is 0 Å². The Bertz CT molecular complexity index is 245. The summed E-state index contributed by atoms with van der Waals surface area (Å²) in [6, 6.07) is 0. The second-order valence-corrected chi connectivity index (χ2v) is 7.21. The van der Waals surface area contributed by atoms with Gasteiger partial charge in [-0.25, -0.2) is 0 Å². The van der Waals surface area contributed by atoms with Crippen molar-refractivity contribution in [3.05, 3.63) is 0 Å². The molecule has 1 amide bonds. The van der Waals surface area contributed by atoms with Gasteiger partial charge in [0.1, 0.15) is 0 Å². The van der Waals surface area contributed by atoms with Gasteiger partial charge in [-0.1, -0.05) is 15.9 Å². The van der Waals surface area contributed by atoms with E-state index in [4.69, 9.17) is 0 Å². The lowest BCUT2D eigenvalue weighted by molar-refractivity contribution is -0.122. The van der Waals surface area contributed by atoms with Crippen molar-refractivity contribution in [3.63, 3.8) is 0 Å². The van der Waals surface area contributed by atoms with Crippen LogP contribution >= 0.6 is 15.9 Å². The van der Waals surface area contributed by atoms with E-state index in [1.807, 2.05) is 13.8 Å². The van der Waals surface area contributed by atoms with Gasteiger partial charge in [0.15, 0.2) is 0 Å². The largest absolute Gasteiger partial charge is 0.355 e. The maximum Gasteiger partial charge on any atom is 0.236 e. The topological polar surface area (TPSA) is 35.6 Å². The Morgan fingerprint density at radius 1 is 1.29 bits per heavy atom. The lowest BCUT2D eigenvalue weighted by atomic mass is 10.2. The average molecular weight is 306 g/mol. The molecule has 0 aromatic carbocycles. The molecular weight excluding hydrogens is 282 g/mol. The van der Waals surface area contributed by atoms with Gasteiger partial charge >= 0.3 is 0 Å². The van der Waals surface area contributed by atoms with Crippen molar-refractivity contribution >= 4 is 21.8 Å². The predicted molar refractivity (Wildman–Crippen MR) is 74.6 cm³/mol. The lowest BCUT2D eigenvalue weighted by Crippen LogP contribution is -2.45. The first-order valence-corrected chi connectivity index (χ1v) is 7.07. The number of carbonyl (C=O) groups is 1. The normalized spacial score (nSPS) is 19.3. The number of amides is 1. The van der Waals surface area contributed by atoms with Gasteiger partial charge < -0.3 is 15.1 Å². The molecule has 0 unspecified atom stereocenters. The molecule has 1 aliphatic heterocycles. The molecule has 1 aliphatic rings. The molecule has 0 atom stereocenters. The molecule has 5 heteroatoms. The molecule has 0 aliphatic carbocycles. The highest BCUT2D eigenvalue weighted by atomic mass is 79.9. The van der Waals surface area contributed by atoms with Gasteiger partial charge in [-0.05, 0) is 33.9 Å². The minimum absolute atomic E-state index is 0.0656. The standard InChI is InChI=1S/C12H24BrN3O/c1-12(2,13)11(17)14-5-4-6-16-9-7-15(3)8-10-16/h4-10H2,1-3H3,(H,14,17). The van der Waals surface area contributed by atoms with E-state index in [-0.39, 0.29) is 5.91 Å². The average Bonchev–Trinajstić information content (AvgIpc) is 2.25. The Labute approximate surface area is 113 Å². The number of hydrogen-bond acceptors (Lipinski definition) is 3. The summed E-state index contributed by atoms with van der Waals surface area (Å²) in [7, 11) is 2.16. The number of nitrogens with zero attached hydrogens (tertiary/aromatic N) is 2. The van der Waals surface area contributed by atoms with E-state index in [1.165, 1.54) is 0 Å². The van der Waals surface area contributed by atoms with Crippen LogP contribution in [-0.4, -0.2) is 66.3 Å². The summed E-state index contributed by atoms with van der Waals surface area (Å²) < 4.78 is -0.458. The molecule has 1 heterocycles. The molecule has 1 fully saturated rings. The molecule has 1 rings (SSSR count). The quantitative estimate of drug-likeness (QED) is 0.606. The van der Waals surface area contributed by atoms with Crippen molar-refractivity contribution in [2.45, 2.75) is 24.6 Å². The van der Waals surface area contributed by atoms with Crippen LogP contribution in [0.3, 0.4) is 0 Å². The van der Waals surface area contributed by atoms with Gasteiger partial charge in [-0.15, -0.1) is 0 Å². The third-order valence-corrected chi connectivity index (χ3v) is 3.43. The van der Waals surface area contributed by atoms with Crippen molar-refractivity contribution in [1.82, 2.24) is 15.1 Å². The summed E-state index contributed by atoms with van der Waals surface area (Å²) in [6.45, 7) is 10.2. The van der Waals surface area contributed by atoms with E-state index < -0.39 is 4.32 Å². The first kappa shape index (κ1) is 14.9. The molecule has 0 aromatic rings. The number of nitrogens with one attached hydrogen (secondary N) is 1. The fourth-order valence-electron chi connectivity index (χ4n) is 1.79. The number of likely N-dealkylation sites (N-methyl/N-ethyl adjacent to an activating group) is 1. The zero-order valence-electron chi connectivity index (χ0n) is 11.1. The SMILES string of the molecule is CN1CCN(CCCNC(=O)C(C)(C)Br)CC1. The number of hydrogen-bond donors (Lipinski definition) is 1. The first-order chi connectivity index (χ1) is 7.89. The van der Waals surface area contributed by atoms with E-state index in [1.54, 1.807) is 0 Å². The smallest absolute Gasteiger partial charge is 0.236 e. The third kappa shape index (κ3) is 5.84. The van der Waals surface area contributed by atoms with E-state index in [0.717, 1.165) is 45.7 Å². The van der Waals surface area contributed by atoms with Crippen molar-refractivity contribution < 1.29 is 4.79 Å². The second kappa shape index (κ2) is 6.71. The van der Waals surface area contributed by atoms with Gasteiger partial charge in [-0.3, -0.25) is 4.79 Å². The van der Waals surface area contributed by atoms with Crippen LogP contribution in [0, 0.1) is 0 Å². The van der Waals surface area contributed by atoms with Gasteiger partial charge in [0, 0.05) is 32.7 Å². The van der Waals surface area contributed by atoms with E-state index in [9.17, 15) is 4.79 Å². The summed E-state index contributed by atoms with van der Waals surface area (Å²) in [4.78, 5) is 16.4. The van der Waals surface area contributed by atoms with Crippen LogP contribution in [0.2, 0.25) is 0 Å². The van der Waals surface area contributed by atoms with Crippen LogP contribution in [0.5, 0.6) is 0 Å². The number of carbonyl (C=O) groups excluding carboxylic acids is 1. The first-order valence-electron chi connectivity index (χ1n) is 6.28. The maximum absolute atomic E-state index is 11.6. The highest BCUT2D eigenvalue weighted by molar-refractivity contribution is 9.10. The number of rotatable bonds is 5. The Kier molecular flexibility index (Phi) is 5.89. The van der Waals surface area contributed by atoms with Crippen LogP contribution in [-0.2, 0) is 4.79 Å². The number of piperazine rings is 1. The summed E-state index contributed by atoms with van der Waals surface area (Å²) in [5.41, 5.74) is 0. The predicted octanol–water partition coefficient (Wildman–Crippen LogP) is 0.914. The van der Waals surface area contributed by atoms with Crippen molar-refractivity contribution in [2.75, 3.05) is 46.3 Å². The lowest BCUT2D eigenvalue weighted by Gasteiger charge is -2.32.